The molecule has 1 heterocycles. The van der Waals surface area contributed by atoms with Crippen LogP contribution in [0.3, 0.4) is 0 Å². The molecule has 0 radical (unpaired) electrons. The summed E-state index contributed by atoms with van der Waals surface area (Å²) in [6, 6.07) is 8.10. The van der Waals surface area contributed by atoms with Crippen molar-refractivity contribution < 1.29 is 9.47 Å². The molecule has 0 saturated carbocycles. The lowest BCUT2D eigenvalue weighted by molar-refractivity contribution is 0.0158. The van der Waals surface area contributed by atoms with Crippen LogP contribution in [-0.2, 0) is 4.74 Å². The Labute approximate surface area is 96.8 Å². The second kappa shape index (κ2) is 5.87. The third-order valence-corrected chi connectivity index (χ3v) is 2.80. The zero-order chi connectivity index (χ0) is 11.2. The molecule has 1 aliphatic heterocycles. The highest BCUT2D eigenvalue weighted by Gasteiger charge is 2.12. The lowest BCUT2D eigenvalue weighted by Crippen LogP contribution is -2.39. The van der Waals surface area contributed by atoms with Gasteiger partial charge in [0.25, 0.3) is 0 Å². The zero-order valence-corrected chi connectivity index (χ0v) is 9.74. The molecule has 3 nitrogen and oxygen atoms in total. The highest BCUT2D eigenvalue weighted by molar-refractivity contribution is 5.31. The molecule has 1 unspecified atom stereocenters. The van der Waals surface area contributed by atoms with Gasteiger partial charge in [-0.05, 0) is 18.6 Å². The molecule has 3 heteroatoms. The monoisotopic (exact) mass is 221 g/mol. The van der Waals surface area contributed by atoms with Gasteiger partial charge in [-0.1, -0.05) is 18.2 Å². The lowest BCUT2D eigenvalue weighted by atomic mass is 10.2. The number of rotatable bonds is 4. The van der Waals surface area contributed by atoms with E-state index in [9.17, 15) is 0 Å². The van der Waals surface area contributed by atoms with Gasteiger partial charge in [-0.15, -0.1) is 0 Å². The summed E-state index contributed by atoms with van der Waals surface area (Å²) in [6.45, 7) is 5.51. The molecule has 1 aromatic carbocycles. The number of ether oxygens (including phenoxy) is 2. The number of nitrogens with one attached hydrogen (secondary N) is 1. The zero-order valence-electron chi connectivity index (χ0n) is 9.74. The Morgan fingerprint density at radius 3 is 3.06 bits per heavy atom. The van der Waals surface area contributed by atoms with Gasteiger partial charge >= 0.3 is 0 Å². The van der Waals surface area contributed by atoms with E-state index in [1.165, 1.54) is 5.56 Å². The van der Waals surface area contributed by atoms with Gasteiger partial charge in [-0.25, -0.2) is 0 Å². The van der Waals surface area contributed by atoms with E-state index in [0.717, 1.165) is 38.5 Å². The van der Waals surface area contributed by atoms with Crippen molar-refractivity contribution in [2.45, 2.75) is 19.4 Å². The molecule has 1 N–H and O–H groups in total. The van der Waals surface area contributed by atoms with Crippen molar-refractivity contribution in [2.24, 2.45) is 0 Å². The maximum Gasteiger partial charge on any atom is 0.122 e. The summed E-state index contributed by atoms with van der Waals surface area (Å²) in [5.41, 5.74) is 1.19. The van der Waals surface area contributed by atoms with E-state index >= 15 is 0 Å². The van der Waals surface area contributed by atoms with Gasteiger partial charge in [0.2, 0.25) is 0 Å². The number of hydrogen-bond donors (Lipinski definition) is 1. The molecule has 0 amide bonds. The second-order valence-corrected chi connectivity index (χ2v) is 4.10. The van der Waals surface area contributed by atoms with Crippen LogP contribution in [0.15, 0.2) is 24.3 Å². The van der Waals surface area contributed by atoms with Gasteiger partial charge < -0.3 is 14.8 Å². The average Bonchev–Trinajstić information content (AvgIpc) is 2.33. The summed E-state index contributed by atoms with van der Waals surface area (Å²) in [6.07, 6.45) is 1.25. The fourth-order valence-electron chi connectivity index (χ4n) is 1.82. The van der Waals surface area contributed by atoms with Crippen molar-refractivity contribution in [3.8, 4) is 5.75 Å². The van der Waals surface area contributed by atoms with Crippen LogP contribution in [0.4, 0.5) is 0 Å². The quantitative estimate of drug-likeness (QED) is 0.840. The smallest absolute Gasteiger partial charge is 0.122 e. The first-order valence-electron chi connectivity index (χ1n) is 5.87. The van der Waals surface area contributed by atoms with Crippen LogP contribution >= 0.6 is 0 Å². The first-order valence-corrected chi connectivity index (χ1v) is 5.87. The third-order valence-electron chi connectivity index (χ3n) is 2.80. The Kier molecular flexibility index (Phi) is 4.19. The molecule has 0 aromatic heterocycles. The Bertz CT molecular complexity index is 321. The van der Waals surface area contributed by atoms with E-state index in [1.54, 1.807) is 0 Å². The van der Waals surface area contributed by atoms with Crippen molar-refractivity contribution in [3.63, 3.8) is 0 Å². The van der Waals surface area contributed by atoms with Gasteiger partial charge in [0.1, 0.15) is 5.75 Å². The minimum atomic E-state index is 0.303. The van der Waals surface area contributed by atoms with E-state index in [0.29, 0.717) is 6.10 Å². The summed E-state index contributed by atoms with van der Waals surface area (Å²) in [4.78, 5) is 0. The average molecular weight is 221 g/mol. The lowest BCUT2D eigenvalue weighted by Gasteiger charge is -2.23. The van der Waals surface area contributed by atoms with Crippen molar-refractivity contribution >= 4 is 0 Å². The van der Waals surface area contributed by atoms with Crippen molar-refractivity contribution in [1.29, 1.82) is 0 Å². The van der Waals surface area contributed by atoms with Gasteiger partial charge in [-0.3, -0.25) is 0 Å². The fraction of sp³-hybridized carbons (Fsp3) is 0.538. The highest BCUT2D eigenvalue weighted by Crippen LogP contribution is 2.16. The first-order chi connectivity index (χ1) is 7.86. The molecule has 1 aromatic rings. The van der Waals surface area contributed by atoms with Gasteiger partial charge in [0, 0.05) is 19.5 Å². The van der Waals surface area contributed by atoms with E-state index in [2.05, 4.69) is 18.3 Å². The molecule has 0 bridgehead atoms. The van der Waals surface area contributed by atoms with Crippen LogP contribution in [0.25, 0.3) is 0 Å². The molecular weight excluding hydrogens is 202 g/mol. The number of hydrogen-bond acceptors (Lipinski definition) is 3. The Hall–Kier alpha value is -1.06. The predicted octanol–water partition coefficient (Wildman–Crippen LogP) is 1.75. The normalized spacial score (nSPS) is 20.7. The minimum absolute atomic E-state index is 0.303. The van der Waals surface area contributed by atoms with Crippen LogP contribution in [0, 0.1) is 6.92 Å². The molecule has 1 saturated heterocycles. The Morgan fingerprint density at radius 2 is 2.31 bits per heavy atom. The first kappa shape index (κ1) is 11.4. The maximum atomic E-state index is 5.73. The summed E-state index contributed by atoms with van der Waals surface area (Å²) < 4.78 is 11.3. The van der Waals surface area contributed by atoms with Crippen LogP contribution in [0.1, 0.15) is 12.0 Å². The number of para-hydroxylation sites is 1. The van der Waals surface area contributed by atoms with E-state index in [-0.39, 0.29) is 0 Å². The Morgan fingerprint density at radius 1 is 1.44 bits per heavy atom. The van der Waals surface area contributed by atoms with E-state index in [4.69, 9.17) is 9.47 Å². The van der Waals surface area contributed by atoms with Crippen LogP contribution in [0.5, 0.6) is 5.75 Å². The summed E-state index contributed by atoms with van der Waals surface area (Å²) >= 11 is 0. The van der Waals surface area contributed by atoms with Crippen molar-refractivity contribution in [1.82, 2.24) is 5.32 Å². The Balaban J connectivity index is 1.73. The van der Waals surface area contributed by atoms with Crippen molar-refractivity contribution in [2.75, 3.05) is 26.3 Å². The van der Waals surface area contributed by atoms with Gasteiger partial charge in [-0.2, -0.15) is 0 Å². The number of morpholine rings is 1. The molecule has 16 heavy (non-hydrogen) atoms. The van der Waals surface area contributed by atoms with Crippen molar-refractivity contribution in [3.05, 3.63) is 29.8 Å². The predicted molar refractivity (Wildman–Crippen MR) is 63.9 cm³/mol. The van der Waals surface area contributed by atoms with Crippen LogP contribution < -0.4 is 10.1 Å². The van der Waals surface area contributed by atoms with Gasteiger partial charge in [0.15, 0.2) is 0 Å². The maximum absolute atomic E-state index is 5.73. The van der Waals surface area contributed by atoms with E-state index in [1.807, 2.05) is 18.2 Å². The largest absolute Gasteiger partial charge is 0.493 e. The SMILES string of the molecule is Cc1ccccc1OCCC1CNCCO1. The number of benzene rings is 1. The molecule has 1 atom stereocenters. The minimum Gasteiger partial charge on any atom is -0.493 e. The molecule has 88 valence electrons. The molecule has 2 rings (SSSR count). The number of aryl methyl sites for hydroxylation is 1. The fourth-order valence-corrected chi connectivity index (χ4v) is 1.82. The molecule has 0 spiro atoms. The summed E-state index contributed by atoms with van der Waals surface area (Å²) in [7, 11) is 0. The highest BCUT2D eigenvalue weighted by atomic mass is 16.5. The van der Waals surface area contributed by atoms with Crippen LogP contribution in [0.2, 0.25) is 0 Å². The molecule has 1 aliphatic rings. The molecule has 1 fully saturated rings. The topological polar surface area (TPSA) is 30.5 Å². The summed E-state index contributed by atoms with van der Waals surface area (Å²) in [5.74, 6) is 0.978. The molecular formula is C13H19NO2. The van der Waals surface area contributed by atoms with Gasteiger partial charge in [0.05, 0.1) is 19.3 Å². The summed E-state index contributed by atoms with van der Waals surface area (Å²) in [5, 5.41) is 3.31. The molecule has 0 aliphatic carbocycles. The third kappa shape index (κ3) is 3.22. The standard InChI is InChI=1S/C13H19NO2/c1-11-4-2-3-5-13(11)16-8-6-12-10-14-7-9-15-12/h2-5,12,14H,6-10H2,1H3. The second-order valence-electron chi connectivity index (χ2n) is 4.10. The van der Waals surface area contributed by atoms with E-state index < -0.39 is 0 Å². The van der Waals surface area contributed by atoms with Crippen LogP contribution in [-0.4, -0.2) is 32.4 Å².